The van der Waals surface area contributed by atoms with Crippen LogP contribution in [0.1, 0.15) is 199 Å². The van der Waals surface area contributed by atoms with Crippen LogP contribution in [0, 0.1) is 33.5 Å². The van der Waals surface area contributed by atoms with E-state index in [9.17, 15) is 41.9 Å². The Balaban J connectivity index is 0.000000164. The van der Waals surface area contributed by atoms with Gasteiger partial charge in [-0.2, -0.15) is 0 Å². The molecule has 8 saturated heterocycles. The summed E-state index contributed by atoms with van der Waals surface area (Å²) in [5, 5.41) is 0.710. The molecule has 8 fully saturated rings. The SMILES string of the molecule is CC(=O)N1CCN(CC(=O)c2cc(C)c(OCCCN3CCC[C@H]3C)c(C)c2)CC1.C[C@@H]1CCCN1CCCOc1c(Cl)cc(C(=O)CN2CCN(C(=O)c3ccccc3)CC2)cc1Cl.C[C@@H]1CCCN1CCCOc1ccc(C(=O)CN2CCN(c3ccc(F)cc3)CC2)cc1.Cc1cc(C(=O)CN2CCC(F)(F)CC2)cc(C)c1OCCCN1CCC[C@H]1C. The van der Waals surface area contributed by atoms with Crippen LogP contribution in [0.2, 0.25) is 10.0 Å². The number of piperidine rings is 1. The van der Waals surface area contributed by atoms with Gasteiger partial charge in [0.25, 0.3) is 11.8 Å². The fourth-order valence-electron chi connectivity index (χ4n) is 18.5. The highest BCUT2D eigenvalue weighted by Gasteiger charge is 2.36. The lowest BCUT2D eigenvalue weighted by Crippen LogP contribution is -2.49. The number of hydrogen-bond donors (Lipinski definition) is 0. The zero-order valence-electron chi connectivity index (χ0n) is 76.3. The Labute approximate surface area is 757 Å². The molecule has 21 nitrogen and oxygen atoms in total. The number of halogens is 5. The van der Waals surface area contributed by atoms with Gasteiger partial charge in [-0.25, -0.2) is 13.2 Å². The van der Waals surface area contributed by atoms with Gasteiger partial charge in [0.2, 0.25) is 5.91 Å². The Morgan fingerprint density at radius 2 is 0.722 bits per heavy atom. The summed E-state index contributed by atoms with van der Waals surface area (Å²) in [7, 11) is 0. The summed E-state index contributed by atoms with van der Waals surface area (Å²) in [6, 6.07) is 37.1. The number of aryl methyl sites for hydroxylation is 4. The molecular formula is C100H138Cl2F3N11O10. The van der Waals surface area contributed by atoms with Gasteiger partial charge >= 0.3 is 0 Å². The number of likely N-dealkylation sites (tertiary alicyclic amines) is 5. The van der Waals surface area contributed by atoms with Crippen molar-refractivity contribution in [1.82, 2.24) is 49.0 Å². The topological polar surface area (TPSA) is 175 Å². The second kappa shape index (κ2) is 49.1. The highest BCUT2D eigenvalue weighted by atomic mass is 35.5. The van der Waals surface area contributed by atoms with Crippen molar-refractivity contribution in [1.29, 1.82) is 0 Å². The summed E-state index contributed by atoms with van der Waals surface area (Å²) < 4.78 is 63.6. The lowest BCUT2D eigenvalue weighted by atomic mass is 10.0. The molecule has 0 spiro atoms. The molecule has 6 aromatic rings. The maximum atomic E-state index is 13.3. The van der Waals surface area contributed by atoms with Gasteiger partial charge < -0.3 is 53.2 Å². The number of piperazine rings is 3. The number of rotatable bonds is 34. The predicted octanol–water partition coefficient (Wildman–Crippen LogP) is 16.3. The molecule has 4 atom stereocenters. The van der Waals surface area contributed by atoms with E-state index in [1.807, 2.05) is 133 Å². The van der Waals surface area contributed by atoms with Crippen molar-refractivity contribution >= 4 is 63.8 Å². The fraction of sp³-hybridized carbons (Fsp3) is 0.580. The van der Waals surface area contributed by atoms with Crippen molar-refractivity contribution in [2.24, 2.45) is 0 Å². The van der Waals surface area contributed by atoms with Crippen LogP contribution in [0.3, 0.4) is 0 Å². The van der Waals surface area contributed by atoms with Gasteiger partial charge in [0.05, 0.1) is 62.7 Å². The lowest BCUT2D eigenvalue weighted by molar-refractivity contribution is -0.130. The Morgan fingerprint density at radius 3 is 1.10 bits per heavy atom. The first-order chi connectivity index (χ1) is 60.6. The van der Waals surface area contributed by atoms with Crippen LogP contribution in [0.4, 0.5) is 18.9 Å². The standard InChI is InChI=1S/C27H33Cl2N3O3.C26H34FN3O2.C24H37N3O3.C23H34F2N2O2/c1-20-7-5-10-31(20)11-6-16-35-26-23(28)17-22(18-24(26)29)25(33)19-30-12-14-32(15-13-30)27(34)21-8-3-2-4-9-21;1-21-4-2-13-29(21)14-3-19-32-25-11-5-22(6-12-25)26(31)20-28-15-17-30(18-16-28)24-9-7-23(27)8-10-24;1-18-15-22(23(29)17-25-10-12-27(13-11-25)21(4)28)16-19(2)24(18)30-14-6-9-26-8-5-7-20(26)3;1-17-14-20(21(28)16-26-11-7-23(24,25)8-12-26)15-18(2)22(17)29-13-5-10-27-9-4-6-19(27)3/h2-4,8-9,17-18,20H,5-7,10-16,19H2,1H3;5-12,21H,2-4,13-20H2,1H3;15-16,20H,5-14,17H2,1-4H3;14-15,19H,4-13,16H2,1-3H3/t20-;21-;20-;19-/m1111/s1. The van der Waals surface area contributed by atoms with Crippen LogP contribution >= 0.6 is 23.2 Å². The summed E-state index contributed by atoms with van der Waals surface area (Å²) in [6.45, 7) is 40.8. The average Bonchev–Trinajstić information content (AvgIpc) is 0.870. The Bertz CT molecular complexity index is 4410. The van der Waals surface area contributed by atoms with Crippen LogP contribution < -0.4 is 23.8 Å². The van der Waals surface area contributed by atoms with Crippen molar-refractivity contribution < 1.29 is 60.9 Å². The minimum atomic E-state index is -2.58. The molecule has 0 aromatic heterocycles. The molecule has 0 unspecified atom stereocenters. The number of ketones is 4. The molecule has 26 heteroatoms. The van der Waals surface area contributed by atoms with Gasteiger partial charge in [-0.3, -0.25) is 48.4 Å². The van der Waals surface area contributed by atoms with Gasteiger partial charge in [0, 0.05) is 195 Å². The van der Waals surface area contributed by atoms with Gasteiger partial charge in [-0.15, -0.1) is 0 Å². The third kappa shape index (κ3) is 30.0. The van der Waals surface area contributed by atoms with Crippen LogP contribution in [-0.2, 0) is 4.79 Å². The number of Topliss-reactive ketones (excluding diaryl/α,β-unsaturated/α-hetero) is 4. The van der Waals surface area contributed by atoms with E-state index in [1.165, 1.54) is 83.1 Å². The van der Waals surface area contributed by atoms with Gasteiger partial charge in [-0.1, -0.05) is 41.4 Å². The van der Waals surface area contributed by atoms with E-state index >= 15 is 0 Å². The van der Waals surface area contributed by atoms with Crippen molar-refractivity contribution in [3.05, 3.63) is 181 Å². The molecule has 0 N–H and O–H groups in total. The number of anilines is 1. The number of carbonyl (C=O) groups excluding carboxylic acids is 6. The van der Waals surface area contributed by atoms with Crippen molar-refractivity contribution in [2.45, 2.75) is 182 Å². The normalized spacial score (nSPS) is 20.5. The Kier molecular flexibility index (Phi) is 38.4. The van der Waals surface area contributed by atoms with Crippen molar-refractivity contribution in [2.75, 3.05) is 201 Å². The average molecular weight is 1780 g/mol. The highest BCUT2D eigenvalue weighted by molar-refractivity contribution is 6.37. The van der Waals surface area contributed by atoms with Crippen LogP contribution in [0.25, 0.3) is 0 Å². The van der Waals surface area contributed by atoms with E-state index < -0.39 is 5.92 Å². The van der Waals surface area contributed by atoms with E-state index in [0.29, 0.717) is 135 Å². The molecule has 8 heterocycles. The monoisotopic (exact) mass is 1780 g/mol. The number of hydrogen-bond acceptors (Lipinski definition) is 19. The zero-order chi connectivity index (χ0) is 89.8. The summed E-state index contributed by atoms with van der Waals surface area (Å²) in [4.78, 5) is 99.4. The number of alkyl halides is 2. The van der Waals surface area contributed by atoms with E-state index in [-0.39, 0.29) is 79.8 Å². The summed E-state index contributed by atoms with van der Waals surface area (Å²) in [6.07, 6.45) is 13.9. The minimum Gasteiger partial charge on any atom is -0.494 e. The molecular weight excluding hydrogens is 1640 g/mol. The van der Waals surface area contributed by atoms with Gasteiger partial charge in [0.1, 0.15) is 23.1 Å². The van der Waals surface area contributed by atoms with E-state index in [4.69, 9.17) is 42.1 Å². The quantitative estimate of drug-likeness (QED) is 0.0275. The Morgan fingerprint density at radius 1 is 0.381 bits per heavy atom. The third-order valence-corrected chi connectivity index (χ3v) is 26.9. The smallest absolute Gasteiger partial charge is 0.253 e. The molecule has 8 aliphatic rings. The number of carbonyl (C=O) groups is 6. The first-order valence-electron chi connectivity index (χ1n) is 46.4. The molecule has 0 saturated carbocycles. The van der Waals surface area contributed by atoms with Crippen molar-refractivity contribution in [3.8, 4) is 23.0 Å². The molecule has 0 aliphatic carbocycles. The van der Waals surface area contributed by atoms with Gasteiger partial charge in [-0.05, 0) is 278 Å². The van der Waals surface area contributed by atoms with Gasteiger partial charge in [0.15, 0.2) is 28.9 Å². The molecule has 2 amide bonds. The summed E-state index contributed by atoms with van der Waals surface area (Å²) >= 11 is 12.9. The molecule has 14 rings (SSSR count). The van der Waals surface area contributed by atoms with E-state index in [1.54, 1.807) is 19.1 Å². The zero-order valence-corrected chi connectivity index (χ0v) is 77.8. The molecule has 8 aliphatic heterocycles. The number of ether oxygens (including phenoxy) is 4. The predicted molar refractivity (Wildman–Crippen MR) is 497 cm³/mol. The first kappa shape index (κ1) is 98.6. The minimum absolute atomic E-state index is 0.0176. The summed E-state index contributed by atoms with van der Waals surface area (Å²) in [5.74, 6) is 0.563. The van der Waals surface area contributed by atoms with Crippen molar-refractivity contribution in [3.63, 3.8) is 0 Å². The lowest BCUT2D eigenvalue weighted by Gasteiger charge is -2.35. The van der Waals surface area contributed by atoms with E-state index in [2.05, 4.69) is 66.9 Å². The fourth-order valence-corrected chi connectivity index (χ4v) is 19.1. The number of benzene rings is 6. The summed E-state index contributed by atoms with van der Waals surface area (Å²) in [5.41, 5.74) is 8.25. The highest BCUT2D eigenvalue weighted by Crippen LogP contribution is 2.36. The maximum Gasteiger partial charge on any atom is 0.253 e. The number of amides is 2. The van der Waals surface area contributed by atoms with Crippen LogP contribution in [0.5, 0.6) is 23.0 Å². The first-order valence-corrected chi connectivity index (χ1v) is 47.2. The third-order valence-electron chi connectivity index (χ3n) is 26.3. The van der Waals surface area contributed by atoms with Crippen LogP contribution in [-0.4, -0.2) is 311 Å². The second-order valence-corrected chi connectivity index (χ2v) is 36.7. The van der Waals surface area contributed by atoms with Crippen LogP contribution in [0.15, 0.2) is 115 Å². The molecule has 126 heavy (non-hydrogen) atoms. The Hall–Kier alpha value is -8.01. The maximum absolute atomic E-state index is 13.3. The molecule has 688 valence electrons. The van der Waals surface area contributed by atoms with E-state index in [0.717, 1.165) is 154 Å². The molecule has 0 bridgehead atoms. The second-order valence-electron chi connectivity index (χ2n) is 35.9. The number of nitrogens with zero attached hydrogens (tertiary/aromatic N) is 11. The largest absolute Gasteiger partial charge is 0.494 e. The molecule has 6 aromatic carbocycles. The molecule has 0 radical (unpaired) electrons.